The van der Waals surface area contributed by atoms with E-state index in [2.05, 4.69) is 48.4 Å². The molecule has 4 nitrogen and oxygen atoms in total. The van der Waals surface area contributed by atoms with Crippen LogP contribution in [-0.2, 0) is 6.54 Å². The van der Waals surface area contributed by atoms with Crippen molar-refractivity contribution in [3.8, 4) is 11.5 Å². The first kappa shape index (κ1) is 17.8. The molecular formula is C22H24N2O2. The minimum absolute atomic E-state index is 0.512. The van der Waals surface area contributed by atoms with Crippen molar-refractivity contribution in [1.82, 2.24) is 4.98 Å². The Balaban J connectivity index is 1.40. The van der Waals surface area contributed by atoms with Crippen molar-refractivity contribution in [3.63, 3.8) is 0 Å². The molecule has 1 aromatic heterocycles. The van der Waals surface area contributed by atoms with Gasteiger partial charge in [-0.05, 0) is 66.9 Å². The SMILES string of the molecule is Cc1ccc(OCCOc2ccc(CNc3ccccn3)cc2)cc1C. The number of benzene rings is 2. The van der Waals surface area contributed by atoms with Crippen molar-refractivity contribution < 1.29 is 9.47 Å². The van der Waals surface area contributed by atoms with E-state index in [-0.39, 0.29) is 0 Å². The summed E-state index contributed by atoms with van der Waals surface area (Å²) >= 11 is 0. The number of hydrogen-bond donors (Lipinski definition) is 1. The standard InChI is InChI=1S/C22H24N2O2/c1-17-6-9-21(15-18(17)2)26-14-13-25-20-10-7-19(8-11-20)16-24-22-5-3-4-12-23-22/h3-12,15H,13-14,16H2,1-2H3,(H,23,24). The summed E-state index contributed by atoms with van der Waals surface area (Å²) in [6.07, 6.45) is 1.78. The molecule has 0 amide bonds. The number of rotatable bonds is 8. The second-order valence-corrected chi connectivity index (χ2v) is 6.16. The third-order valence-electron chi connectivity index (χ3n) is 4.16. The van der Waals surface area contributed by atoms with Gasteiger partial charge in [-0.25, -0.2) is 4.98 Å². The third-order valence-corrected chi connectivity index (χ3v) is 4.16. The van der Waals surface area contributed by atoms with Gasteiger partial charge in [-0.1, -0.05) is 24.3 Å². The van der Waals surface area contributed by atoms with Gasteiger partial charge in [0.05, 0.1) is 0 Å². The Bertz CT molecular complexity index is 817. The Labute approximate surface area is 154 Å². The Morgan fingerprint density at radius 3 is 2.23 bits per heavy atom. The van der Waals surface area contributed by atoms with Gasteiger partial charge in [-0.2, -0.15) is 0 Å². The average Bonchev–Trinajstić information content (AvgIpc) is 2.68. The van der Waals surface area contributed by atoms with E-state index in [1.165, 1.54) is 16.7 Å². The summed E-state index contributed by atoms with van der Waals surface area (Å²) in [6.45, 7) is 5.94. The largest absolute Gasteiger partial charge is 0.490 e. The monoisotopic (exact) mass is 348 g/mol. The van der Waals surface area contributed by atoms with Crippen LogP contribution in [0, 0.1) is 13.8 Å². The highest BCUT2D eigenvalue weighted by atomic mass is 16.5. The van der Waals surface area contributed by atoms with Gasteiger partial charge in [0.15, 0.2) is 0 Å². The van der Waals surface area contributed by atoms with Gasteiger partial charge in [0.1, 0.15) is 30.5 Å². The molecule has 3 aromatic rings. The highest BCUT2D eigenvalue weighted by molar-refractivity contribution is 5.36. The summed E-state index contributed by atoms with van der Waals surface area (Å²) in [5.74, 6) is 2.60. The predicted octanol–water partition coefficient (Wildman–Crippen LogP) is 4.77. The van der Waals surface area contributed by atoms with Gasteiger partial charge in [0.2, 0.25) is 0 Å². The number of pyridine rings is 1. The first-order valence-corrected chi connectivity index (χ1v) is 8.77. The van der Waals surface area contributed by atoms with Crippen LogP contribution in [0.4, 0.5) is 5.82 Å². The Kier molecular flexibility index (Phi) is 6.09. The highest BCUT2D eigenvalue weighted by Gasteiger charge is 1.99. The normalized spacial score (nSPS) is 10.4. The molecule has 0 unspecified atom stereocenters. The maximum absolute atomic E-state index is 5.74. The highest BCUT2D eigenvalue weighted by Crippen LogP contribution is 2.17. The van der Waals surface area contributed by atoms with E-state index in [4.69, 9.17) is 9.47 Å². The van der Waals surface area contributed by atoms with Crippen molar-refractivity contribution in [3.05, 3.63) is 83.6 Å². The van der Waals surface area contributed by atoms with E-state index in [1.807, 2.05) is 36.4 Å². The number of ether oxygens (including phenoxy) is 2. The topological polar surface area (TPSA) is 43.4 Å². The minimum Gasteiger partial charge on any atom is -0.490 e. The fourth-order valence-electron chi connectivity index (χ4n) is 2.49. The van der Waals surface area contributed by atoms with Crippen molar-refractivity contribution in [2.24, 2.45) is 0 Å². The molecule has 1 N–H and O–H groups in total. The number of anilines is 1. The van der Waals surface area contributed by atoms with E-state index in [0.29, 0.717) is 13.2 Å². The Morgan fingerprint density at radius 1 is 0.808 bits per heavy atom. The van der Waals surface area contributed by atoms with Crippen molar-refractivity contribution in [2.75, 3.05) is 18.5 Å². The molecule has 0 atom stereocenters. The summed E-state index contributed by atoms with van der Waals surface area (Å²) in [7, 11) is 0. The van der Waals surface area contributed by atoms with E-state index < -0.39 is 0 Å². The third kappa shape index (κ3) is 5.24. The summed E-state index contributed by atoms with van der Waals surface area (Å²) in [5.41, 5.74) is 3.68. The molecule has 3 rings (SSSR count). The molecule has 0 saturated carbocycles. The van der Waals surface area contributed by atoms with Crippen molar-refractivity contribution in [2.45, 2.75) is 20.4 Å². The molecule has 26 heavy (non-hydrogen) atoms. The zero-order valence-electron chi connectivity index (χ0n) is 15.2. The van der Waals surface area contributed by atoms with Crippen LogP contribution in [0.2, 0.25) is 0 Å². The van der Waals surface area contributed by atoms with Crippen molar-refractivity contribution >= 4 is 5.82 Å². The predicted molar refractivity (Wildman–Crippen MR) is 105 cm³/mol. The zero-order chi connectivity index (χ0) is 18.2. The molecule has 134 valence electrons. The molecule has 0 aliphatic rings. The lowest BCUT2D eigenvalue weighted by Gasteiger charge is -2.10. The average molecular weight is 348 g/mol. The maximum Gasteiger partial charge on any atom is 0.126 e. The first-order chi connectivity index (χ1) is 12.7. The van der Waals surface area contributed by atoms with Crippen LogP contribution in [0.15, 0.2) is 66.9 Å². The second kappa shape index (κ2) is 8.90. The van der Waals surface area contributed by atoms with Crippen LogP contribution in [0.3, 0.4) is 0 Å². The quantitative estimate of drug-likeness (QED) is 0.596. The van der Waals surface area contributed by atoms with Crippen LogP contribution in [0.1, 0.15) is 16.7 Å². The smallest absolute Gasteiger partial charge is 0.126 e. The fourth-order valence-corrected chi connectivity index (χ4v) is 2.49. The molecular weight excluding hydrogens is 324 g/mol. The molecule has 1 heterocycles. The molecule has 0 saturated heterocycles. The number of nitrogens with one attached hydrogen (secondary N) is 1. The lowest BCUT2D eigenvalue weighted by atomic mass is 10.1. The molecule has 0 aliphatic heterocycles. The van der Waals surface area contributed by atoms with Crippen LogP contribution < -0.4 is 14.8 Å². The fraction of sp³-hybridized carbons (Fsp3) is 0.227. The lowest BCUT2D eigenvalue weighted by Crippen LogP contribution is -2.09. The van der Waals surface area contributed by atoms with E-state index in [9.17, 15) is 0 Å². The number of hydrogen-bond acceptors (Lipinski definition) is 4. The molecule has 0 radical (unpaired) electrons. The minimum atomic E-state index is 0.512. The molecule has 0 spiro atoms. The Hall–Kier alpha value is -3.01. The van der Waals surface area contributed by atoms with E-state index in [0.717, 1.165) is 23.9 Å². The van der Waals surface area contributed by atoms with Gasteiger partial charge < -0.3 is 14.8 Å². The maximum atomic E-state index is 5.74. The summed E-state index contributed by atoms with van der Waals surface area (Å²) in [4.78, 5) is 4.25. The van der Waals surface area contributed by atoms with E-state index >= 15 is 0 Å². The molecule has 4 heteroatoms. The molecule has 2 aromatic carbocycles. The van der Waals surface area contributed by atoms with Gasteiger partial charge in [0.25, 0.3) is 0 Å². The van der Waals surface area contributed by atoms with Gasteiger partial charge in [0, 0.05) is 12.7 Å². The molecule has 0 fully saturated rings. The van der Waals surface area contributed by atoms with Crippen LogP contribution in [0.25, 0.3) is 0 Å². The molecule has 0 bridgehead atoms. The number of nitrogens with zero attached hydrogens (tertiary/aromatic N) is 1. The zero-order valence-corrected chi connectivity index (χ0v) is 15.2. The van der Waals surface area contributed by atoms with Gasteiger partial charge in [-0.15, -0.1) is 0 Å². The van der Waals surface area contributed by atoms with Crippen LogP contribution in [0.5, 0.6) is 11.5 Å². The summed E-state index contributed by atoms with van der Waals surface area (Å²) in [6, 6.07) is 20.0. The lowest BCUT2D eigenvalue weighted by molar-refractivity contribution is 0.217. The van der Waals surface area contributed by atoms with Crippen molar-refractivity contribution in [1.29, 1.82) is 0 Å². The number of aryl methyl sites for hydroxylation is 2. The first-order valence-electron chi connectivity index (χ1n) is 8.77. The van der Waals surface area contributed by atoms with Gasteiger partial charge in [-0.3, -0.25) is 0 Å². The van der Waals surface area contributed by atoms with Gasteiger partial charge >= 0.3 is 0 Å². The Morgan fingerprint density at radius 2 is 1.54 bits per heavy atom. The molecule has 0 aliphatic carbocycles. The summed E-state index contributed by atoms with van der Waals surface area (Å²) < 4.78 is 11.5. The number of aromatic nitrogens is 1. The van der Waals surface area contributed by atoms with E-state index in [1.54, 1.807) is 6.20 Å². The van der Waals surface area contributed by atoms with Crippen LogP contribution in [-0.4, -0.2) is 18.2 Å². The van der Waals surface area contributed by atoms with Crippen LogP contribution >= 0.6 is 0 Å². The second-order valence-electron chi connectivity index (χ2n) is 6.16. The summed E-state index contributed by atoms with van der Waals surface area (Å²) in [5, 5.41) is 3.29.